The molecule has 0 bridgehead atoms. The van der Waals surface area contributed by atoms with Gasteiger partial charge in [0.2, 0.25) is 0 Å². The number of piperidine rings is 1. The number of likely N-dealkylation sites (tertiary alicyclic amines) is 1. The fourth-order valence-corrected chi connectivity index (χ4v) is 5.62. The highest BCUT2D eigenvalue weighted by molar-refractivity contribution is 8.00. The van der Waals surface area contributed by atoms with Crippen LogP contribution in [0.1, 0.15) is 43.8 Å². The van der Waals surface area contributed by atoms with E-state index in [0.717, 1.165) is 43.9 Å². The molecule has 1 unspecified atom stereocenters. The van der Waals surface area contributed by atoms with Crippen molar-refractivity contribution in [3.63, 3.8) is 0 Å². The summed E-state index contributed by atoms with van der Waals surface area (Å²) in [5.74, 6) is 3.07. The van der Waals surface area contributed by atoms with Crippen LogP contribution in [-0.4, -0.2) is 71.0 Å². The maximum absolute atomic E-state index is 5.03. The summed E-state index contributed by atoms with van der Waals surface area (Å²) >= 11 is 3.87. The molecule has 3 heterocycles. The summed E-state index contributed by atoms with van der Waals surface area (Å²) in [6.45, 7) is 14.1. The largest absolute Gasteiger partial charge is 0.357 e. The Morgan fingerprint density at radius 3 is 2.78 bits per heavy atom. The van der Waals surface area contributed by atoms with Gasteiger partial charge in [0.05, 0.1) is 10.7 Å². The number of aliphatic imine (C=N–C) groups is 1. The lowest BCUT2D eigenvalue weighted by Gasteiger charge is -2.35. The SMILES string of the molecule is CCNC(=NCC1CCN(Cc2csc(C)n2)CC1)N1CCSC(CC)C1. The fourth-order valence-electron chi connectivity index (χ4n) is 3.84. The molecule has 2 aliphatic rings. The number of aryl methyl sites for hydroxylation is 1. The van der Waals surface area contributed by atoms with Crippen molar-refractivity contribution < 1.29 is 0 Å². The number of guanidine groups is 1. The lowest BCUT2D eigenvalue weighted by molar-refractivity contribution is 0.179. The maximum Gasteiger partial charge on any atom is 0.193 e. The van der Waals surface area contributed by atoms with Gasteiger partial charge in [0.15, 0.2) is 5.96 Å². The number of rotatable bonds is 6. The molecule has 2 fully saturated rings. The number of nitrogens with one attached hydrogen (secondary N) is 1. The van der Waals surface area contributed by atoms with Crippen molar-refractivity contribution >= 4 is 29.1 Å². The number of aromatic nitrogens is 1. The third-order valence-electron chi connectivity index (χ3n) is 5.49. The van der Waals surface area contributed by atoms with Gasteiger partial charge >= 0.3 is 0 Å². The molecule has 7 heteroatoms. The van der Waals surface area contributed by atoms with E-state index < -0.39 is 0 Å². The van der Waals surface area contributed by atoms with Crippen LogP contribution >= 0.6 is 23.1 Å². The quantitative estimate of drug-likeness (QED) is 0.576. The number of thioether (sulfide) groups is 1. The molecule has 27 heavy (non-hydrogen) atoms. The highest BCUT2D eigenvalue weighted by Gasteiger charge is 2.23. The molecule has 0 spiro atoms. The second kappa shape index (κ2) is 10.7. The molecule has 0 radical (unpaired) electrons. The van der Waals surface area contributed by atoms with Gasteiger partial charge in [-0.05, 0) is 52.1 Å². The molecule has 3 rings (SSSR count). The molecule has 1 aromatic heterocycles. The second-order valence-electron chi connectivity index (χ2n) is 7.62. The number of nitrogens with zero attached hydrogens (tertiary/aromatic N) is 4. The Morgan fingerprint density at radius 1 is 1.30 bits per heavy atom. The zero-order valence-electron chi connectivity index (χ0n) is 17.1. The molecule has 2 saturated heterocycles. The molecule has 5 nitrogen and oxygen atoms in total. The van der Waals surface area contributed by atoms with E-state index in [1.54, 1.807) is 11.3 Å². The minimum Gasteiger partial charge on any atom is -0.357 e. The summed E-state index contributed by atoms with van der Waals surface area (Å²) in [6, 6.07) is 0. The Bertz CT molecular complexity index is 595. The second-order valence-corrected chi connectivity index (χ2v) is 10.1. The van der Waals surface area contributed by atoms with Gasteiger partial charge in [-0.2, -0.15) is 11.8 Å². The Kier molecular flexibility index (Phi) is 8.27. The van der Waals surface area contributed by atoms with Crippen LogP contribution in [0.3, 0.4) is 0 Å². The predicted octanol–water partition coefficient (Wildman–Crippen LogP) is 3.46. The van der Waals surface area contributed by atoms with Gasteiger partial charge in [0, 0.05) is 49.1 Å². The number of hydrogen-bond acceptors (Lipinski definition) is 5. The van der Waals surface area contributed by atoms with Gasteiger partial charge in [0.1, 0.15) is 0 Å². The van der Waals surface area contributed by atoms with Crippen molar-refractivity contribution in [1.82, 2.24) is 20.1 Å². The Balaban J connectivity index is 1.47. The first-order valence-corrected chi connectivity index (χ1v) is 12.4. The van der Waals surface area contributed by atoms with Crippen molar-refractivity contribution in [2.24, 2.45) is 10.9 Å². The van der Waals surface area contributed by atoms with E-state index in [9.17, 15) is 0 Å². The summed E-state index contributed by atoms with van der Waals surface area (Å²) in [6.07, 6.45) is 3.75. The Labute approximate surface area is 173 Å². The minimum absolute atomic E-state index is 0.716. The Hall–Kier alpha value is -0.790. The third-order valence-corrected chi connectivity index (χ3v) is 7.68. The van der Waals surface area contributed by atoms with E-state index in [1.807, 2.05) is 0 Å². The van der Waals surface area contributed by atoms with Crippen molar-refractivity contribution in [3.05, 3.63) is 16.1 Å². The van der Waals surface area contributed by atoms with Crippen LogP contribution in [-0.2, 0) is 6.54 Å². The summed E-state index contributed by atoms with van der Waals surface area (Å²) < 4.78 is 0. The Morgan fingerprint density at radius 2 is 2.11 bits per heavy atom. The topological polar surface area (TPSA) is 43.8 Å². The molecule has 1 N–H and O–H groups in total. The summed E-state index contributed by atoms with van der Waals surface area (Å²) in [5.41, 5.74) is 1.23. The molecule has 2 aliphatic heterocycles. The van der Waals surface area contributed by atoms with Crippen molar-refractivity contribution in [2.75, 3.05) is 45.0 Å². The summed E-state index contributed by atoms with van der Waals surface area (Å²) in [7, 11) is 0. The van der Waals surface area contributed by atoms with E-state index in [4.69, 9.17) is 4.99 Å². The zero-order chi connectivity index (χ0) is 19.1. The number of hydrogen-bond donors (Lipinski definition) is 1. The van der Waals surface area contributed by atoms with E-state index in [-0.39, 0.29) is 0 Å². The van der Waals surface area contributed by atoms with Crippen LogP contribution in [0.15, 0.2) is 10.4 Å². The lowest BCUT2D eigenvalue weighted by Crippen LogP contribution is -2.48. The first kappa shape index (κ1) is 20.9. The fraction of sp³-hybridized carbons (Fsp3) is 0.800. The molecule has 0 amide bonds. The first-order chi connectivity index (χ1) is 13.2. The van der Waals surface area contributed by atoms with Gasteiger partial charge in [-0.1, -0.05) is 6.92 Å². The van der Waals surface area contributed by atoms with E-state index in [2.05, 4.69) is 58.0 Å². The zero-order valence-corrected chi connectivity index (χ0v) is 18.7. The van der Waals surface area contributed by atoms with E-state index in [0.29, 0.717) is 5.92 Å². The molecule has 0 saturated carbocycles. The average molecular weight is 410 g/mol. The molecule has 152 valence electrons. The van der Waals surface area contributed by atoms with Crippen LogP contribution in [0.2, 0.25) is 0 Å². The third kappa shape index (κ3) is 6.36. The average Bonchev–Trinajstić information content (AvgIpc) is 3.11. The van der Waals surface area contributed by atoms with Crippen LogP contribution in [0.25, 0.3) is 0 Å². The smallest absolute Gasteiger partial charge is 0.193 e. The standard InChI is InChI=1S/C20H35N5S2/c1-4-19-14-25(10-11-26-19)20(21-5-2)22-12-17-6-8-24(9-7-17)13-18-15-27-16(3)23-18/h15,17,19H,4-14H2,1-3H3,(H,21,22). The normalized spacial score (nSPS) is 23.0. The van der Waals surface area contributed by atoms with E-state index >= 15 is 0 Å². The van der Waals surface area contributed by atoms with Gasteiger partial charge < -0.3 is 10.2 Å². The van der Waals surface area contributed by atoms with Gasteiger partial charge in [0.25, 0.3) is 0 Å². The van der Waals surface area contributed by atoms with Gasteiger partial charge in [-0.3, -0.25) is 9.89 Å². The molecule has 0 aliphatic carbocycles. The van der Waals surface area contributed by atoms with Gasteiger partial charge in [-0.25, -0.2) is 4.98 Å². The van der Waals surface area contributed by atoms with E-state index in [1.165, 1.54) is 48.8 Å². The first-order valence-electron chi connectivity index (χ1n) is 10.5. The summed E-state index contributed by atoms with van der Waals surface area (Å²) in [4.78, 5) is 14.7. The minimum atomic E-state index is 0.716. The monoisotopic (exact) mass is 409 g/mol. The molecule has 0 aromatic carbocycles. The molecular formula is C20H35N5S2. The highest BCUT2D eigenvalue weighted by Crippen LogP contribution is 2.22. The predicted molar refractivity (Wildman–Crippen MR) is 119 cm³/mol. The maximum atomic E-state index is 5.03. The summed E-state index contributed by atoms with van der Waals surface area (Å²) in [5, 5.41) is 7.66. The molecular weight excluding hydrogens is 374 g/mol. The van der Waals surface area contributed by atoms with Crippen molar-refractivity contribution in [2.45, 2.75) is 51.8 Å². The van der Waals surface area contributed by atoms with Crippen molar-refractivity contribution in [3.8, 4) is 0 Å². The molecule has 1 aromatic rings. The number of thiazole rings is 1. The van der Waals surface area contributed by atoms with Crippen LogP contribution in [0.5, 0.6) is 0 Å². The van der Waals surface area contributed by atoms with Crippen LogP contribution in [0.4, 0.5) is 0 Å². The highest BCUT2D eigenvalue weighted by atomic mass is 32.2. The van der Waals surface area contributed by atoms with Crippen molar-refractivity contribution in [1.29, 1.82) is 0 Å². The lowest BCUT2D eigenvalue weighted by atomic mass is 9.97. The van der Waals surface area contributed by atoms with Gasteiger partial charge in [-0.15, -0.1) is 11.3 Å². The molecule has 1 atom stereocenters. The van der Waals surface area contributed by atoms with Crippen LogP contribution < -0.4 is 5.32 Å². The van der Waals surface area contributed by atoms with Crippen LogP contribution in [0, 0.1) is 12.8 Å².